The molecule has 0 spiro atoms. The number of hydrogen-bond acceptors (Lipinski definition) is 12. The maximum absolute atomic E-state index is 14.2. The summed E-state index contributed by atoms with van der Waals surface area (Å²) in [6.07, 6.45) is 5.57. The number of benzene rings is 6. The third-order valence-electron chi connectivity index (χ3n) is 18.2. The van der Waals surface area contributed by atoms with Gasteiger partial charge < -0.3 is 32.5 Å². The van der Waals surface area contributed by atoms with Gasteiger partial charge in [-0.25, -0.2) is 38.4 Å². The molecule has 3 heterocycles. The number of nitrogen functional groups attached to an aromatic ring is 3. The van der Waals surface area contributed by atoms with Crippen LogP contribution in [-0.2, 0) is 29.5 Å². The number of halogens is 3. The van der Waals surface area contributed by atoms with Crippen molar-refractivity contribution < 1.29 is 53.7 Å². The number of fused-ring (bicyclic) bond motifs is 3. The highest BCUT2D eigenvalue weighted by Gasteiger charge is 2.52. The zero-order valence-electron chi connectivity index (χ0n) is 49.1. The summed E-state index contributed by atoms with van der Waals surface area (Å²) in [6.45, 7) is 11.9. The van der Waals surface area contributed by atoms with E-state index in [1.54, 1.807) is 54.6 Å². The van der Waals surface area contributed by atoms with Crippen LogP contribution in [0.1, 0.15) is 170 Å². The van der Waals surface area contributed by atoms with Gasteiger partial charge >= 0.3 is 0 Å². The Morgan fingerprint density at radius 3 is 0.869 bits per heavy atom. The van der Waals surface area contributed by atoms with Crippen LogP contribution in [-0.4, -0.2) is 76.1 Å². The zero-order valence-corrected chi connectivity index (χ0v) is 51.5. The number of anilines is 3. The minimum absolute atomic E-state index is 0.104. The van der Waals surface area contributed by atoms with E-state index in [0.717, 1.165) is 38.5 Å². The second-order valence-corrected chi connectivity index (χ2v) is 29.4. The fourth-order valence-corrected chi connectivity index (χ4v) is 20.1. The Bertz CT molecular complexity index is 3250. The predicted molar refractivity (Wildman–Crippen MR) is 328 cm³/mol. The molecule has 3 aliphatic rings. The van der Waals surface area contributed by atoms with Crippen molar-refractivity contribution in [3.8, 4) is 0 Å². The first kappa shape index (κ1) is 65.8. The van der Waals surface area contributed by atoms with E-state index >= 15 is 0 Å². The molecule has 0 radical (unpaired) electrons. The Balaban J connectivity index is 0.000000181. The maximum atomic E-state index is 14.2. The molecule has 0 fully saturated rings. The molecule has 9 rings (SSSR count). The van der Waals surface area contributed by atoms with Crippen LogP contribution in [0.25, 0.3) is 0 Å². The van der Waals surface area contributed by atoms with Gasteiger partial charge in [-0.05, 0) is 163 Å². The van der Waals surface area contributed by atoms with E-state index in [2.05, 4.69) is 0 Å². The van der Waals surface area contributed by atoms with Gasteiger partial charge in [0, 0.05) is 51.1 Å². The number of unbranched alkanes of at least 4 members (excludes halogenated alkanes) is 3. The minimum atomic E-state index is -3.69. The third kappa shape index (κ3) is 13.7. The fraction of sp³-hybridized carbons (Fsp3) is 0.455. The lowest BCUT2D eigenvalue weighted by Gasteiger charge is -2.39. The van der Waals surface area contributed by atoms with E-state index in [1.165, 1.54) is 54.6 Å². The molecule has 84 heavy (non-hydrogen) atoms. The third-order valence-corrected chi connectivity index (χ3v) is 24.2. The van der Waals surface area contributed by atoms with E-state index in [0.29, 0.717) is 89.0 Å². The molecular formula is C66H84F3N3O9S3. The lowest BCUT2D eigenvalue weighted by Crippen LogP contribution is -2.42. The summed E-state index contributed by atoms with van der Waals surface area (Å²) in [5.41, 5.74) is 20.0. The van der Waals surface area contributed by atoms with Crippen LogP contribution in [0.2, 0.25) is 0 Å². The molecule has 0 bridgehead atoms. The smallest absolute Gasteiger partial charge is 0.179 e. The number of hydrogen-bond donors (Lipinski definition) is 6. The molecule has 6 aromatic carbocycles. The second-order valence-electron chi connectivity index (χ2n) is 23.6. The highest BCUT2D eigenvalue weighted by Crippen LogP contribution is 2.52. The lowest BCUT2D eigenvalue weighted by atomic mass is 9.69. The van der Waals surface area contributed by atoms with Crippen LogP contribution in [0.5, 0.6) is 0 Å². The Morgan fingerprint density at radius 2 is 0.655 bits per heavy atom. The number of aliphatic hydroxyl groups is 3. The zero-order chi connectivity index (χ0) is 61.6. The standard InChI is InChI=1S/3C22H28FNO3S/c3*1-3-5-11-22(4-2)14-28(26,27)19-10-9-16(23)13-18(19)20(21(22)25)15-7-6-8-17(24)12-15/h3*6-10,12-13,20-21,25H,3-5,11,14,24H2,1-2H3/t2*20-,21-,22+;20-,21-,22-/m100/s1. The maximum Gasteiger partial charge on any atom is 0.179 e. The second kappa shape index (κ2) is 26.9. The summed E-state index contributed by atoms with van der Waals surface area (Å²) in [4.78, 5) is 0.312. The van der Waals surface area contributed by atoms with E-state index in [4.69, 9.17) is 17.2 Å². The molecule has 0 amide bonds. The lowest BCUT2D eigenvalue weighted by molar-refractivity contribution is 0.0173. The Morgan fingerprint density at radius 1 is 0.405 bits per heavy atom. The average molecular weight is 1220 g/mol. The summed E-state index contributed by atoms with van der Waals surface area (Å²) < 4.78 is 122. The highest BCUT2D eigenvalue weighted by atomic mass is 32.2. The van der Waals surface area contributed by atoms with Crippen molar-refractivity contribution >= 4 is 46.6 Å². The first-order valence-electron chi connectivity index (χ1n) is 29.4. The van der Waals surface area contributed by atoms with Crippen LogP contribution in [0.15, 0.2) is 142 Å². The van der Waals surface area contributed by atoms with E-state index in [1.807, 2.05) is 59.7 Å². The van der Waals surface area contributed by atoms with Crippen molar-refractivity contribution in [1.29, 1.82) is 0 Å². The van der Waals surface area contributed by atoms with Crippen molar-refractivity contribution in [3.05, 3.63) is 178 Å². The number of rotatable bonds is 15. The van der Waals surface area contributed by atoms with Gasteiger partial charge in [0.1, 0.15) is 17.5 Å². The average Bonchev–Trinajstić information content (AvgIpc) is 1.94. The van der Waals surface area contributed by atoms with Gasteiger partial charge in [-0.15, -0.1) is 0 Å². The van der Waals surface area contributed by atoms with Crippen molar-refractivity contribution in [1.82, 2.24) is 0 Å². The molecule has 18 heteroatoms. The topological polar surface area (TPSA) is 241 Å². The van der Waals surface area contributed by atoms with Crippen LogP contribution >= 0.6 is 0 Å². The van der Waals surface area contributed by atoms with Gasteiger partial charge in [0.2, 0.25) is 0 Å². The van der Waals surface area contributed by atoms with Crippen molar-refractivity contribution in [2.75, 3.05) is 34.5 Å². The van der Waals surface area contributed by atoms with Crippen LogP contribution in [0, 0.1) is 33.7 Å². The normalized spacial score (nSPS) is 26.4. The van der Waals surface area contributed by atoms with Crippen molar-refractivity contribution in [3.63, 3.8) is 0 Å². The van der Waals surface area contributed by atoms with Gasteiger partial charge in [-0.1, -0.05) is 116 Å². The Labute approximate surface area is 495 Å². The van der Waals surface area contributed by atoms with Crippen LogP contribution in [0.3, 0.4) is 0 Å². The van der Waals surface area contributed by atoms with Gasteiger partial charge in [0.25, 0.3) is 0 Å². The number of nitrogens with two attached hydrogens (primary N) is 3. The van der Waals surface area contributed by atoms with E-state index in [9.17, 15) is 53.7 Å². The van der Waals surface area contributed by atoms with Gasteiger partial charge in [0.05, 0.1) is 50.3 Å². The molecule has 0 saturated carbocycles. The Kier molecular flexibility index (Phi) is 21.0. The van der Waals surface area contributed by atoms with E-state index in [-0.39, 0.29) is 31.9 Å². The SMILES string of the molecule is CCCC[C@@]1(CC)CS(=O)(=O)c2ccc(F)cc2[C@@H](c2cccc(N)c2)[C@H]1O.CCCC[C@@]1(CC)CS(=O)(=O)c2ccc(F)cc2[C@H](c2cccc(N)c2)[C@@H]1O.CCCC[C@]1(CC)CS(=O)(=O)c2ccc(F)cc2[C@H](c2cccc(N)c2)[C@@H]1O. The van der Waals surface area contributed by atoms with E-state index < -0.39 is 99.3 Å². The quantitative estimate of drug-likeness (QED) is 0.0416. The summed E-state index contributed by atoms with van der Waals surface area (Å²) in [5, 5.41) is 34.7. The molecule has 456 valence electrons. The summed E-state index contributed by atoms with van der Waals surface area (Å²) in [7, 11) is -11.1. The first-order valence-corrected chi connectivity index (χ1v) is 34.3. The fourth-order valence-electron chi connectivity index (χ4n) is 13.4. The number of sulfone groups is 3. The molecule has 9 N–H and O–H groups in total. The van der Waals surface area contributed by atoms with Crippen molar-refractivity contribution in [2.24, 2.45) is 16.2 Å². The molecule has 12 nitrogen and oxygen atoms in total. The monoisotopic (exact) mass is 1220 g/mol. The predicted octanol–water partition coefficient (Wildman–Crippen LogP) is 12.8. The van der Waals surface area contributed by atoms with Crippen LogP contribution in [0.4, 0.5) is 30.2 Å². The Hall–Kier alpha value is -5.76. The van der Waals surface area contributed by atoms with Crippen molar-refractivity contribution in [2.45, 2.75) is 169 Å². The summed E-state index contributed by atoms with van der Waals surface area (Å²) >= 11 is 0. The van der Waals surface area contributed by atoms with Gasteiger partial charge in [-0.3, -0.25) is 0 Å². The first-order chi connectivity index (χ1) is 39.7. The molecule has 3 aliphatic heterocycles. The molecule has 0 saturated heterocycles. The minimum Gasteiger partial charge on any atom is -0.399 e. The number of aliphatic hydroxyl groups excluding tert-OH is 3. The highest BCUT2D eigenvalue weighted by molar-refractivity contribution is 7.92. The molecule has 9 atom stereocenters. The van der Waals surface area contributed by atoms with Gasteiger partial charge in [-0.2, -0.15) is 0 Å². The van der Waals surface area contributed by atoms with Crippen LogP contribution < -0.4 is 17.2 Å². The molecule has 0 aliphatic carbocycles. The molecule has 6 aromatic rings. The molecule has 0 unspecified atom stereocenters. The molecular weight excluding hydrogens is 1130 g/mol. The summed E-state index contributed by atoms with van der Waals surface area (Å²) in [5.74, 6) is -3.98. The summed E-state index contributed by atoms with van der Waals surface area (Å²) in [6, 6.07) is 32.4. The van der Waals surface area contributed by atoms with Gasteiger partial charge in [0.15, 0.2) is 29.5 Å². The largest absolute Gasteiger partial charge is 0.399 e. The molecule has 0 aromatic heterocycles.